The van der Waals surface area contributed by atoms with Crippen LogP contribution in [0.4, 0.5) is 4.39 Å². The fourth-order valence-corrected chi connectivity index (χ4v) is 7.95. The molecule has 7 nitrogen and oxygen atoms in total. The van der Waals surface area contributed by atoms with Crippen LogP contribution in [0.5, 0.6) is 11.5 Å². The quantitative estimate of drug-likeness (QED) is 0.690. The second-order valence-electron chi connectivity index (χ2n) is 7.71. The number of ether oxygens (including phenoxy) is 2. The van der Waals surface area contributed by atoms with Gasteiger partial charge in [0.2, 0.25) is 6.79 Å². The Morgan fingerprint density at radius 1 is 1.10 bits per heavy atom. The van der Waals surface area contributed by atoms with Gasteiger partial charge in [0.25, 0.3) is 5.91 Å². The molecule has 0 radical (unpaired) electrons. The van der Waals surface area contributed by atoms with Crippen LogP contribution in [0.1, 0.15) is 11.1 Å². The minimum Gasteiger partial charge on any atom is -0.454 e. The molecule has 5 rings (SSSR count). The molecule has 1 amide bonds. The Morgan fingerprint density at radius 3 is 2.65 bits per heavy atom. The maximum absolute atomic E-state index is 13.1. The lowest BCUT2D eigenvalue weighted by molar-refractivity contribution is -0.117. The first-order chi connectivity index (χ1) is 14.9. The van der Waals surface area contributed by atoms with Gasteiger partial charge in [0.15, 0.2) is 26.5 Å². The zero-order valence-corrected chi connectivity index (χ0v) is 18.0. The van der Waals surface area contributed by atoms with Gasteiger partial charge in [-0.05, 0) is 35.4 Å². The Labute approximate surface area is 183 Å². The van der Waals surface area contributed by atoms with Crippen LogP contribution < -0.4 is 9.47 Å². The van der Waals surface area contributed by atoms with Crippen LogP contribution in [0, 0.1) is 5.82 Å². The van der Waals surface area contributed by atoms with Crippen molar-refractivity contribution in [2.75, 3.05) is 18.3 Å². The predicted octanol–water partition coefficient (Wildman–Crippen LogP) is 2.39. The van der Waals surface area contributed by atoms with E-state index in [9.17, 15) is 17.6 Å². The number of amidine groups is 1. The van der Waals surface area contributed by atoms with Gasteiger partial charge in [-0.15, -0.1) is 0 Å². The van der Waals surface area contributed by atoms with E-state index >= 15 is 0 Å². The Hall–Kier alpha value is -2.59. The molecule has 0 unspecified atom stereocenters. The minimum atomic E-state index is -3.13. The number of carbonyl (C=O) groups excluding carboxylic acids is 1. The first-order valence-electron chi connectivity index (χ1n) is 9.74. The Bertz CT molecular complexity index is 1170. The van der Waals surface area contributed by atoms with Crippen LogP contribution in [0.25, 0.3) is 0 Å². The molecule has 162 valence electrons. The summed E-state index contributed by atoms with van der Waals surface area (Å²) in [5.41, 5.74) is 1.58. The second-order valence-corrected chi connectivity index (χ2v) is 11.1. The zero-order valence-electron chi connectivity index (χ0n) is 16.4. The molecule has 10 heteroatoms. The van der Waals surface area contributed by atoms with E-state index in [-0.39, 0.29) is 47.7 Å². The van der Waals surface area contributed by atoms with Gasteiger partial charge in [0.05, 0.1) is 24.0 Å². The highest BCUT2D eigenvalue weighted by molar-refractivity contribution is 8.15. The molecule has 2 atom stereocenters. The third kappa shape index (κ3) is 4.27. The summed E-state index contributed by atoms with van der Waals surface area (Å²) in [4.78, 5) is 18.8. The number of thioether (sulfide) groups is 1. The van der Waals surface area contributed by atoms with Crippen molar-refractivity contribution < 1.29 is 27.1 Å². The SMILES string of the molecule is O=C(Cc1ccc(F)cc1)N=C1S[C@H]2CS(=O)(=O)C[C@H]2N1Cc1ccc2c(c1)OCO2. The van der Waals surface area contributed by atoms with Crippen LogP contribution >= 0.6 is 11.8 Å². The lowest BCUT2D eigenvalue weighted by Gasteiger charge is -2.24. The summed E-state index contributed by atoms with van der Waals surface area (Å²) >= 11 is 1.34. The molecule has 2 aromatic carbocycles. The number of hydrogen-bond donors (Lipinski definition) is 0. The first kappa shape index (κ1) is 20.3. The number of amides is 1. The smallest absolute Gasteiger partial charge is 0.252 e. The lowest BCUT2D eigenvalue weighted by Crippen LogP contribution is -2.37. The number of aliphatic imine (C=N–C) groups is 1. The van der Waals surface area contributed by atoms with E-state index in [0.29, 0.717) is 28.8 Å². The molecule has 3 aliphatic rings. The zero-order chi connectivity index (χ0) is 21.6. The Balaban J connectivity index is 1.39. The maximum atomic E-state index is 13.1. The van der Waals surface area contributed by atoms with Gasteiger partial charge in [-0.1, -0.05) is 30.0 Å². The molecule has 2 fully saturated rings. The van der Waals surface area contributed by atoms with E-state index in [4.69, 9.17) is 9.47 Å². The van der Waals surface area contributed by atoms with Gasteiger partial charge in [0, 0.05) is 11.8 Å². The molecular formula is C21H19FN2O5S2. The summed E-state index contributed by atoms with van der Waals surface area (Å²) in [5, 5.41) is 0.367. The van der Waals surface area contributed by atoms with Gasteiger partial charge in [-0.3, -0.25) is 4.79 Å². The van der Waals surface area contributed by atoms with Gasteiger partial charge >= 0.3 is 0 Å². The Kier molecular flexibility index (Phi) is 5.13. The van der Waals surface area contributed by atoms with Crippen LogP contribution in [-0.2, 0) is 27.6 Å². The summed E-state index contributed by atoms with van der Waals surface area (Å²) in [6, 6.07) is 11.1. The molecule has 0 aromatic heterocycles. The average Bonchev–Trinajstić information content (AvgIpc) is 3.37. The number of nitrogens with zero attached hydrogens (tertiary/aromatic N) is 2. The van der Waals surface area contributed by atoms with Crippen LogP contribution in [-0.4, -0.2) is 54.0 Å². The summed E-state index contributed by atoms with van der Waals surface area (Å²) < 4.78 is 48.2. The molecular weight excluding hydrogens is 443 g/mol. The van der Waals surface area contributed by atoms with Gasteiger partial charge in [-0.2, -0.15) is 4.99 Å². The van der Waals surface area contributed by atoms with Crippen molar-refractivity contribution in [1.29, 1.82) is 0 Å². The molecule has 0 saturated carbocycles. The van der Waals surface area contributed by atoms with Gasteiger partial charge < -0.3 is 14.4 Å². The number of halogens is 1. The largest absolute Gasteiger partial charge is 0.454 e. The number of sulfone groups is 1. The molecule has 3 aliphatic heterocycles. The van der Waals surface area contributed by atoms with Crippen molar-refractivity contribution in [1.82, 2.24) is 4.90 Å². The monoisotopic (exact) mass is 462 g/mol. The summed E-state index contributed by atoms with van der Waals surface area (Å²) in [6.45, 7) is 0.578. The number of rotatable bonds is 4. The van der Waals surface area contributed by atoms with E-state index in [2.05, 4.69) is 4.99 Å². The van der Waals surface area contributed by atoms with Gasteiger partial charge in [-0.25, -0.2) is 12.8 Å². The summed E-state index contributed by atoms with van der Waals surface area (Å²) in [7, 11) is -3.13. The highest BCUT2D eigenvalue weighted by atomic mass is 32.2. The molecule has 0 N–H and O–H groups in total. The van der Waals surface area contributed by atoms with Crippen molar-refractivity contribution in [3.63, 3.8) is 0 Å². The number of benzene rings is 2. The molecule has 0 bridgehead atoms. The third-order valence-electron chi connectivity index (χ3n) is 5.45. The number of fused-ring (bicyclic) bond motifs is 2. The van der Waals surface area contributed by atoms with E-state index in [1.54, 1.807) is 12.1 Å². The molecule has 3 heterocycles. The highest BCUT2D eigenvalue weighted by Gasteiger charge is 2.48. The van der Waals surface area contributed by atoms with E-state index in [1.165, 1.54) is 23.9 Å². The molecule has 0 spiro atoms. The van der Waals surface area contributed by atoms with E-state index in [0.717, 1.165) is 5.56 Å². The van der Waals surface area contributed by atoms with Gasteiger partial charge in [0.1, 0.15) is 5.82 Å². The summed E-state index contributed by atoms with van der Waals surface area (Å²) in [5.74, 6) is 0.714. The number of carbonyl (C=O) groups is 1. The molecule has 2 aromatic rings. The van der Waals surface area contributed by atoms with Crippen LogP contribution in [0.2, 0.25) is 0 Å². The minimum absolute atomic E-state index is 0.0421. The van der Waals surface area contributed by atoms with E-state index < -0.39 is 9.84 Å². The fourth-order valence-electron chi connectivity index (χ4n) is 3.98. The molecule has 2 saturated heterocycles. The van der Waals surface area contributed by atoms with Crippen molar-refractivity contribution in [2.24, 2.45) is 4.99 Å². The normalized spacial score (nSPS) is 24.5. The Morgan fingerprint density at radius 2 is 1.84 bits per heavy atom. The molecule has 31 heavy (non-hydrogen) atoms. The van der Waals surface area contributed by atoms with Crippen LogP contribution in [0.15, 0.2) is 47.5 Å². The standard InChI is InChI=1S/C21H19FN2O5S2/c22-15-4-1-13(2-5-15)8-20(25)23-21-24(16-10-31(26,27)11-19(16)30-21)9-14-3-6-17-18(7-14)29-12-28-17/h1-7,16,19H,8-12H2/t16-,19+/m1/s1. The third-order valence-corrected chi connectivity index (χ3v) is 8.70. The first-order valence-corrected chi connectivity index (χ1v) is 12.4. The van der Waals surface area contributed by atoms with Crippen molar-refractivity contribution >= 4 is 32.7 Å². The lowest BCUT2D eigenvalue weighted by atomic mass is 10.1. The maximum Gasteiger partial charge on any atom is 0.252 e. The second kappa shape index (κ2) is 7.83. The van der Waals surface area contributed by atoms with Crippen LogP contribution in [0.3, 0.4) is 0 Å². The molecule has 0 aliphatic carbocycles. The summed E-state index contributed by atoms with van der Waals surface area (Å²) in [6.07, 6.45) is 0.0514. The van der Waals surface area contributed by atoms with Crippen molar-refractivity contribution in [2.45, 2.75) is 24.3 Å². The van der Waals surface area contributed by atoms with Crippen molar-refractivity contribution in [3.8, 4) is 11.5 Å². The highest BCUT2D eigenvalue weighted by Crippen LogP contribution is 2.40. The topological polar surface area (TPSA) is 85.3 Å². The average molecular weight is 463 g/mol. The van der Waals surface area contributed by atoms with Crippen molar-refractivity contribution in [3.05, 3.63) is 59.4 Å². The number of hydrogen-bond acceptors (Lipinski definition) is 6. The van der Waals surface area contributed by atoms with E-state index in [1.807, 2.05) is 23.1 Å². The fraction of sp³-hybridized carbons (Fsp3) is 0.333. The predicted molar refractivity (Wildman–Crippen MR) is 114 cm³/mol.